The number of rotatable bonds is 4. The van der Waals surface area contributed by atoms with Crippen molar-refractivity contribution in [3.63, 3.8) is 0 Å². The molecule has 2 aromatic rings. The highest BCUT2D eigenvalue weighted by Gasteiger charge is 2.17. The molecule has 122 valence electrons. The summed E-state index contributed by atoms with van der Waals surface area (Å²) in [5.74, 6) is 0.534. The number of halogens is 2. The summed E-state index contributed by atoms with van der Waals surface area (Å²) in [6.07, 6.45) is 2.35. The fraction of sp³-hybridized carbons (Fsp3) is 0.333. The molecule has 23 heavy (non-hydrogen) atoms. The van der Waals surface area contributed by atoms with Gasteiger partial charge in [-0.2, -0.15) is 0 Å². The normalized spacial score (nSPS) is 14.2. The number of benzene rings is 2. The van der Waals surface area contributed by atoms with Crippen LogP contribution in [0.25, 0.3) is 0 Å². The molecule has 1 N–H and O–H groups in total. The van der Waals surface area contributed by atoms with Crippen molar-refractivity contribution >= 4 is 28.7 Å². The first-order valence-corrected chi connectivity index (χ1v) is 8.12. The van der Waals surface area contributed by atoms with Gasteiger partial charge < -0.3 is 15.0 Å². The molecule has 0 bridgehead atoms. The van der Waals surface area contributed by atoms with Crippen molar-refractivity contribution in [1.29, 1.82) is 0 Å². The summed E-state index contributed by atoms with van der Waals surface area (Å²) in [4.78, 5) is 2.31. The average Bonchev–Trinajstić information content (AvgIpc) is 3.07. The zero-order valence-corrected chi connectivity index (χ0v) is 14.1. The standard InChI is InChI=1S/C18H20ClFN2O/c1-12-9-14(19)17(11-15(12)20)21-16-6-5-13(23-2)10-18(16)22-7-3-4-8-22/h5-6,9-11,21H,3-4,7-8H2,1-2H3. The zero-order valence-electron chi connectivity index (χ0n) is 13.3. The highest BCUT2D eigenvalue weighted by Crippen LogP contribution is 2.36. The van der Waals surface area contributed by atoms with Crippen molar-refractivity contribution in [2.45, 2.75) is 19.8 Å². The number of nitrogens with one attached hydrogen (secondary N) is 1. The number of hydrogen-bond donors (Lipinski definition) is 1. The lowest BCUT2D eigenvalue weighted by Crippen LogP contribution is -2.19. The summed E-state index contributed by atoms with van der Waals surface area (Å²) in [5.41, 5.74) is 3.06. The van der Waals surface area contributed by atoms with E-state index in [0.29, 0.717) is 16.3 Å². The first kappa shape index (κ1) is 15.9. The van der Waals surface area contributed by atoms with Crippen LogP contribution in [0, 0.1) is 12.7 Å². The van der Waals surface area contributed by atoms with E-state index < -0.39 is 0 Å². The molecular weight excluding hydrogens is 315 g/mol. The van der Waals surface area contributed by atoms with Gasteiger partial charge in [0.1, 0.15) is 11.6 Å². The quantitative estimate of drug-likeness (QED) is 0.837. The van der Waals surface area contributed by atoms with Crippen LogP contribution in [0.4, 0.5) is 21.5 Å². The van der Waals surface area contributed by atoms with Crippen LogP contribution in [0.2, 0.25) is 5.02 Å². The maximum absolute atomic E-state index is 13.9. The van der Waals surface area contributed by atoms with Gasteiger partial charge in [0.05, 0.1) is 29.2 Å². The van der Waals surface area contributed by atoms with Gasteiger partial charge in [0.2, 0.25) is 0 Å². The van der Waals surface area contributed by atoms with E-state index in [-0.39, 0.29) is 5.82 Å². The van der Waals surface area contributed by atoms with E-state index in [9.17, 15) is 4.39 Å². The lowest BCUT2D eigenvalue weighted by Gasteiger charge is -2.23. The van der Waals surface area contributed by atoms with Gasteiger partial charge in [-0.3, -0.25) is 0 Å². The Bertz CT molecular complexity index is 714. The van der Waals surface area contributed by atoms with Gasteiger partial charge >= 0.3 is 0 Å². The van der Waals surface area contributed by atoms with E-state index in [4.69, 9.17) is 16.3 Å². The summed E-state index contributed by atoms with van der Waals surface area (Å²) in [6, 6.07) is 8.92. The first-order chi connectivity index (χ1) is 11.1. The third-order valence-corrected chi connectivity index (χ3v) is 4.48. The second-order valence-electron chi connectivity index (χ2n) is 5.78. The van der Waals surface area contributed by atoms with Gasteiger partial charge in [-0.15, -0.1) is 0 Å². The van der Waals surface area contributed by atoms with Crippen LogP contribution in [0.5, 0.6) is 5.75 Å². The Morgan fingerprint density at radius 3 is 2.57 bits per heavy atom. The molecule has 0 spiro atoms. The molecule has 0 unspecified atom stereocenters. The van der Waals surface area contributed by atoms with E-state index in [0.717, 1.165) is 30.2 Å². The van der Waals surface area contributed by atoms with Crippen LogP contribution >= 0.6 is 11.6 Å². The summed E-state index contributed by atoms with van der Waals surface area (Å²) in [6.45, 7) is 3.73. The number of nitrogens with zero attached hydrogens (tertiary/aromatic N) is 1. The molecule has 0 radical (unpaired) electrons. The molecule has 3 rings (SSSR count). The minimum Gasteiger partial charge on any atom is -0.497 e. The molecule has 1 aliphatic rings. The number of hydrogen-bond acceptors (Lipinski definition) is 3. The van der Waals surface area contributed by atoms with Crippen LogP contribution in [0.15, 0.2) is 30.3 Å². The Morgan fingerprint density at radius 1 is 1.13 bits per heavy atom. The van der Waals surface area contributed by atoms with Gasteiger partial charge in [-0.25, -0.2) is 4.39 Å². The van der Waals surface area contributed by atoms with Crippen molar-refractivity contribution in [1.82, 2.24) is 0 Å². The Morgan fingerprint density at radius 2 is 1.87 bits per heavy atom. The van der Waals surface area contributed by atoms with Gasteiger partial charge in [0, 0.05) is 19.2 Å². The first-order valence-electron chi connectivity index (χ1n) is 7.74. The van der Waals surface area contributed by atoms with Crippen molar-refractivity contribution in [2.24, 2.45) is 0 Å². The summed E-state index contributed by atoms with van der Waals surface area (Å²) < 4.78 is 19.2. The van der Waals surface area contributed by atoms with E-state index in [1.54, 1.807) is 20.1 Å². The second kappa shape index (κ2) is 6.67. The van der Waals surface area contributed by atoms with E-state index in [1.165, 1.54) is 18.9 Å². The maximum Gasteiger partial charge on any atom is 0.128 e. The minimum absolute atomic E-state index is 0.270. The molecule has 0 aliphatic carbocycles. The topological polar surface area (TPSA) is 24.5 Å². The maximum atomic E-state index is 13.9. The van der Waals surface area contributed by atoms with Crippen molar-refractivity contribution < 1.29 is 9.13 Å². The smallest absolute Gasteiger partial charge is 0.128 e. The fourth-order valence-corrected chi connectivity index (χ4v) is 3.12. The Labute approximate surface area is 141 Å². The summed E-state index contributed by atoms with van der Waals surface area (Å²) in [5, 5.41) is 3.77. The van der Waals surface area contributed by atoms with Crippen LogP contribution in [-0.4, -0.2) is 20.2 Å². The molecule has 0 amide bonds. The van der Waals surface area contributed by atoms with Crippen molar-refractivity contribution in [3.05, 3.63) is 46.7 Å². The van der Waals surface area contributed by atoms with E-state index in [1.807, 2.05) is 18.2 Å². The van der Waals surface area contributed by atoms with Crippen LogP contribution in [0.1, 0.15) is 18.4 Å². The monoisotopic (exact) mass is 334 g/mol. The largest absolute Gasteiger partial charge is 0.497 e. The molecule has 1 fully saturated rings. The highest BCUT2D eigenvalue weighted by atomic mass is 35.5. The molecule has 5 heteroatoms. The second-order valence-corrected chi connectivity index (χ2v) is 6.19. The predicted molar refractivity (Wildman–Crippen MR) is 93.9 cm³/mol. The van der Waals surface area contributed by atoms with Crippen LogP contribution in [0.3, 0.4) is 0 Å². The third-order valence-electron chi connectivity index (χ3n) is 4.17. The fourth-order valence-electron chi connectivity index (χ4n) is 2.85. The number of aryl methyl sites for hydroxylation is 1. The lowest BCUT2D eigenvalue weighted by molar-refractivity contribution is 0.415. The molecule has 3 nitrogen and oxygen atoms in total. The molecule has 1 aliphatic heterocycles. The van der Waals surface area contributed by atoms with Crippen molar-refractivity contribution in [2.75, 3.05) is 30.4 Å². The lowest BCUT2D eigenvalue weighted by atomic mass is 10.2. The number of methoxy groups -OCH3 is 1. The Balaban J connectivity index is 1.97. The molecule has 0 saturated carbocycles. The number of anilines is 3. The SMILES string of the molecule is COc1ccc(Nc2cc(F)c(C)cc2Cl)c(N2CCCC2)c1. The van der Waals surface area contributed by atoms with Gasteiger partial charge in [0.15, 0.2) is 0 Å². The molecular formula is C18H20ClFN2O. The van der Waals surface area contributed by atoms with E-state index >= 15 is 0 Å². The Kier molecular flexibility index (Phi) is 4.62. The van der Waals surface area contributed by atoms with Crippen molar-refractivity contribution in [3.8, 4) is 5.75 Å². The molecule has 2 aromatic carbocycles. The third kappa shape index (κ3) is 3.37. The highest BCUT2D eigenvalue weighted by molar-refractivity contribution is 6.33. The average molecular weight is 335 g/mol. The molecule has 1 saturated heterocycles. The predicted octanol–water partition coefficient (Wildman–Crippen LogP) is 5.14. The zero-order chi connectivity index (χ0) is 16.4. The summed E-state index contributed by atoms with van der Waals surface area (Å²) >= 11 is 6.25. The van der Waals surface area contributed by atoms with Gasteiger partial charge in [-0.05, 0) is 49.6 Å². The molecule has 0 atom stereocenters. The van der Waals surface area contributed by atoms with E-state index in [2.05, 4.69) is 10.2 Å². The van der Waals surface area contributed by atoms with Crippen LogP contribution < -0.4 is 15.0 Å². The molecule has 0 aromatic heterocycles. The Hall–Kier alpha value is -1.94. The number of ether oxygens (including phenoxy) is 1. The molecule has 1 heterocycles. The van der Waals surface area contributed by atoms with Gasteiger partial charge in [0.25, 0.3) is 0 Å². The van der Waals surface area contributed by atoms with Gasteiger partial charge in [-0.1, -0.05) is 11.6 Å². The minimum atomic E-state index is -0.270. The van der Waals surface area contributed by atoms with Crippen LogP contribution in [-0.2, 0) is 0 Å². The summed E-state index contributed by atoms with van der Waals surface area (Å²) in [7, 11) is 1.66.